The molecule has 8 heteroatoms. The minimum atomic E-state index is -0.468. The van der Waals surface area contributed by atoms with Gasteiger partial charge in [0.25, 0.3) is 0 Å². The molecule has 1 aliphatic rings. The lowest BCUT2D eigenvalue weighted by atomic mass is 10.1. The molecule has 0 radical (unpaired) electrons. The van der Waals surface area contributed by atoms with Crippen LogP contribution in [0.25, 0.3) is 11.1 Å². The van der Waals surface area contributed by atoms with Gasteiger partial charge >= 0.3 is 0 Å². The average molecular weight is 379 g/mol. The van der Waals surface area contributed by atoms with Gasteiger partial charge in [-0.1, -0.05) is 29.8 Å². The van der Waals surface area contributed by atoms with Crippen LogP contribution in [-0.4, -0.2) is 14.7 Å². The van der Waals surface area contributed by atoms with Crippen molar-refractivity contribution in [2.24, 2.45) is 0 Å². The Bertz CT molecular complexity index is 960. The monoisotopic (exact) mass is 378 g/mol. The van der Waals surface area contributed by atoms with Gasteiger partial charge in [0.05, 0.1) is 16.3 Å². The average Bonchev–Trinajstić information content (AvgIpc) is 3.08. The van der Waals surface area contributed by atoms with Crippen molar-refractivity contribution in [1.29, 1.82) is 0 Å². The third-order valence-corrected chi connectivity index (χ3v) is 5.06. The standard InChI is InChI=1S/C17H13ClF2N4S/c1-9-15(11-4-2-3-5-13(11)19)16-22-17(25-24(16)23-9)21-10-6-7-14(20)12(18)8-10/h2-8,17,21-22H,1H3/t17-/m0/s1. The minimum Gasteiger partial charge on any atom is -0.355 e. The molecule has 25 heavy (non-hydrogen) atoms. The first-order valence-electron chi connectivity index (χ1n) is 7.53. The number of anilines is 2. The maximum absolute atomic E-state index is 14.2. The molecular weight excluding hydrogens is 366 g/mol. The molecular formula is C17H13ClF2N4S. The summed E-state index contributed by atoms with van der Waals surface area (Å²) in [6.07, 6.45) is 0. The Hall–Kier alpha value is -2.25. The molecule has 128 valence electrons. The SMILES string of the molecule is Cc1nn2c(c1-c1ccccc1F)N[C@H](Nc1ccc(F)c(Cl)c1)S2. The number of halogens is 3. The molecule has 2 aromatic carbocycles. The molecule has 1 aromatic heterocycles. The summed E-state index contributed by atoms with van der Waals surface area (Å²) in [6.45, 7) is 1.84. The fraction of sp³-hybridized carbons (Fsp3) is 0.118. The highest BCUT2D eigenvalue weighted by molar-refractivity contribution is 7.98. The lowest BCUT2D eigenvalue weighted by molar-refractivity contribution is 0.628. The highest BCUT2D eigenvalue weighted by atomic mass is 35.5. The fourth-order valence-electron chi connectivity index (χ4n) is 2.74. The van der Waals surface area contributed by atoms with E-state index in [2.05, 4.69) is 15.7 Å². The zero-order chi connectivity index (χ0) is 17.6. The van der Waals surface area contributed by atoms with E-state index in [1.54, 1.807) is 28.4 Å². The van der Waals surface area contributed by atoms with E-state index in [1.165, 1.54) is 30.1 Å². The number of hydrogen-bond donors (Lipinski definition) is 2. The summed E-state index contributed by atoms with van der Waals surface area (Å²) in [5.74, 6) is -0.0436. The third kappa shape index (κ3) is 2.94. The second-order valence-corrected chi connectivity index (χ2v) is 7.00. The number of aromatic nitrogens is 2. The van der Waals surface area contributed by atoms with E-state index in [0.717, 1.165) is 17.1 Å². The molecule has 2 heterocycles. The Balaban J connectivity index is 1.61. The maximum atomic E-state index is 14.2. The Morgan fingerprint density at radius 3 is 2.76 bits per heavy atom. The van der Waals surface area contributed by atoms with Crippen molar-refractivity contribution in [3.63, 3.8) is 0 Å². The number of nitrogens with one attached hydrogen (secondary N) is 2. The van der Waals surface area contributed by atoms with E-state index in [-0.39, 0.29) is 16.3 Å². The normalized spacial score (nSPS) is 15.8. The van der Waals surface area contributed by atoms with Crippen LogP contribution in [0, 0.1) is 18.6 Å². The quantitative estimate of drug-likeness (QED) is 0.664. The molecule has 3 aromatic rings. The third-order valence-electron chi connectivity index (χ3n) is 3.86. The van der Waals surface area contributed by atoms with Gasteiger partial charge in [-0.2, -0.15) is 9.19 Å². The lowest BCUT2D eigenvalue weighted by Gasteiger charge is -2.14. The predicted octanol–water partition coefficient (Wildman–Crippen LogP) is 5.11. The fourth-order valence-corrected chi connectivity index (χ4v) is 3.90. The van der Waals surface area contributed by atoms with Gasteiger partial charge in [0, 0.05) is 23.2 Å². The topological polar surface area (TPSA) is 41.9 Å². The molecule has 1 aliphatic heterocycles. The molecule has 0 aliphatic carbocycles. The molecule has 0 bridgehead atoms. The van der Waals surface area contributed by atoms with E-state index >= 15 is 0 Å². The van der Waals surface area contributed by atoms with E-state index in [4.69, 9.17) is 11.6 Å². The van der Waals surface area contributed by atoms with Gasteiger partial charge in [0.15, 0.2) is 5.50 Å². The van der Waals surface area contributed by atoms with Crippen LogP contribution in [0.15, 0.2) is 42.5 Å². The van der Waals surface area contributed by atoms with Crippen molar-refractivity contribution in [3.05, 3.63) is 64.8 Å². The molecule has 0 fully saturated rings. The number of benzene rings is 2. The summed E-state index contributed by atoms with van der Waals surface area (Å²) in [5.41, 5.74) is 2.40. The lowest BCUT2D eigenvalue weighted by Crippen LogP contribution is -2.21. The smallest absolute Gasteiger partial charge is 0.168 e. The van der Waals surface area contributed by atoms with E-state index < -0.39 is 5.82 Å². The first-order chi connectivity index (χ1) is 12.0. The number of rotatable bonds is 3. The number of nitrogens with zero attached hydrogens (tertiary/aromatic N) is 2. The Labute approximate surface area is 152 Å². The van der Waals surface area contributed by atoms with Gasteiger partial charge < -0.3 is 10.6 Å². The largest absolute Gasteiger partial charge is 0.355 e. The molecule has 0 saturated carbocycles. The van der Waals surface area contributed by atoms with Crippen molar-refractivity contribution in [3.8, 4) is 11.1 Å². The minimum absolute atomic E-state index is 0.0497. The predicted molar refractivity (Wildman–Crippen MR) is 97.8 cm³/mol. The molecule has 2 N–H and O–H groups in total. The maximum Gasteiger partial charge on any atom is 0.168 e. The Morgan fingerprint density at radius 1 is 1.20 bits per heavy atom. The van der Waals surface area contributed by atoms with Gasteiger partial charge in [-0.05, 0) is 31.2 Å². The molecule has 0 saturated heterocycles. The summed E-state index contributed by atoms with van der Waals surface area (Å²) in [5, 5.41) is 11.0. The highest BCUT2D eigenvalue weighted by Gasteiger charge is 2.29. The van der Waals surface area contributed by atoms with Crippen LogP contribution in [0.4, 0.5) is 20.3 Å². The van der Waals surface area contributed by atoms with Crippen LogP contribution in [-0.2, 0) is 0 Å². The van der Waals surface area contributed by atoms with Crippen molar-refractivity contribution < 1.29 is 8.78 Å². The van der Waals surface area contributed by atoms with Gasteiger partial charge in [-0.3, -0.25) is 0 Å². The van der Waals surface area contributed by atoms with E-state index in [9.17, 15) is 8.78 Å². The molecule has 0 amide bonds. The van der Waals surface area contributed by atoms with Crippen LogP contribution in [0.5, 0.6) is 0 Å². The molecule has 4 nitrogen and oxygen atoms in total. The van der Waals surface area contributed by atoms with Crippen LogP contribution in [0.2, 0.25) is 5.02 Å². The number of fused-ring (bicyclic) bond motifs is 1. The summed E-state index contributed by atoms with van der Waals surface area (Å²) >= 11 is 7.21. The van der Waals surface area contributed by atoms with Crippen molar-refractivity contribution in [1.82, 2.24) is 9.19 Å². The molecule has 0 unspecified atom stereocenters. The second kappa shape index (κ2) is 6.24. The van der Waals surface area contributed by atoms with Crippen molar-refractivity contribution >= 4 is 35.1 Å². The van der Waals surface area contributed by atoms with Gasteiger partial charge in [-0.15, -0.1) is 0 Å². The first kappa shape index (κ1) is 16.2. The van der Waals surface area contributed by atoms with Crippen LogP contribution < -0.4 is 10.6 Å². The number of hydrogen-bond acceptors (Lipinski definition) is 4. The van der Waals surface area contributed by atoms with Gasteiger partial charge in [0.2, 0.25) is 0 Å². The summed E-state index contributed by atoms with van der Waals surface area (Å²) < 4.78 is 29.2. The summed E-state index contributed by atoms with van der Waals surface area (Å²) in [4.78, 5) is 0. The van der Waals surface area contributed by atoms with Gasteiger partial charge in [0.1, 0.15) is 17.5 Å². The Morgan fingerprint density at radius 2 is 2.00 bits per heavy atom. The van der Waals surface area contributed by atoms with Crippen LogP contribution in [0.3, 0.4) is 0 Å². The molecule has 1 atom stereocenters. The molecule has 0 spiro atoms. The molecule has 4 rings (SSSR count). The zero-order valence-corrected chi connectivity index (χ0v) is 14.6. The van der Waals surface area contributed by atoms with Crippen molar-refractivity contribution in [2.45, 2.75) is 12.4 Å². The van der Waals surface area contributed by atoms with E-state index in [0.29, 0.717) is 11.3 Å². The Kier molecular flexibility index (Phi) is 4.05. The summed E-state index contributed by atoms with van der Waals surface area (Å²) in [6, 6.07) is 11.0. The van der Waals surface area contributed by atoms with Crippen LogP contribution >= 0.6 is 23.5 Å². The first-order valence-corrected chi connectivity index (χ1v) is 8.74. The van der Waals surface area contributed by atoms with Crippen molar-refractivity contribution in [2.75, 3.05) is 10.6 Å². The second-order valence-electron chi connectivity index (χ2n) is 5.56. The zero-order valence-electron chi connectivity index (χ0n) is 13.1. The van der Waals surface area contributed by atoms with E-state index in [1.807, 2.05) is 6.92 Å². The number of aryl methyl sites for hydroxylation is 1. The van der Waals surface area contributed by atoms with Crippen LogP contribution in [0.1, 0.15) is 5.69 Å². The summed E-state index contributed by atoms with van der Waals surface area (Å²) in [7, 11) is 0. The highest BCUT2D eigenvalue weighted by Crippen LogP contribution is 2.40. The van der Waals surface area contributed by atoms with Gasteiger partial charge in [-0.25, -0.2) is 8.78 Å².